The molecule has 3 rings (SSSR count). The number of carbonyl (C=O) groups is 3. The molecule has 122 valence electrons. The van der Waals surface area contributed by atoms with E-state index in [2.05, 4.69) is 26.2 Å². The summed E-state index contributed by atoms with van der Waals surface area (Å²) in [5, 5.41) is 12.0. The maximum Gasteiger partial charge on any atom is 0.352 e. The van der Waals surface area contributed by atoms with Gasteiger partial charge in [0.05, 0.1) is 11.3 Å². The Morgan fingerprint density at radius 2 is 2.00 bits per heavy atom. The van der Waals surface area contributed by atoms with Gasteiger partial charge in [-0.05, 0) is 43.7 Å². The Bertz CT molecular complexity index is 940. The third-order valence-corrected chi connectivity index (χ3v) is 4.39. The van der Waals surface area contributed by atoms with E-state index in [0.29, 0.717) is 28.1 Å². The highest BCUT2D eigenvalue weighted by Gasteiger charge is 2.27. The molecule has 24 heavy (non-hydrogen) atoms. The average molecular weight is 389 g/mol. The molecule has 3 N–H and O–H groups in total. The van der Waals surface area contributed by atoms with Crippen molar-refractivity contribution >= 4 is 50.9 Å². The van der Waals surface area contributed by atoms with Crippen LogP contribution >= 0.6 is 15.9 Å². The molecule has 0 unspecified atom stereocenters. The number of fused-ring (bicyclic) bond motifs is 1. The smallest absolute Gasteiger partial charge is 0.352 e. The Hall–Kier alpha value is -2.67. The number of carboxylic acid groups (broad SMARTS) is 1. The maximum absolute atomic E-state index is 12.2. The van der Waals surface area contributed by atoms with Gasteiger partial charge in [0.1, 0.15) is 5.69 Å². The lowest BCUT2D eigenvalue weighted by Crippen LogP contribution is -2.04. The largest absolute Gasteiger partial charge is 0.477 e. The number of carboxylic acids is 1. The molecule has 0 radical (unpaired) electrons. The third-order valence-electron chi connectivity index (χ3n) is 3.90. The Labute approximate surface area is 145 Å². The van der Waals surface area contributed by atoms with E-state index >= 15 is 0 Å². The lowest BCUT2D eigenvalue weighted by Gasteiger charge is -2.00. The van der Waals surface area contributed by atoms with Crippen LogP contribution in [-0.2, 0) is 4.79 Å². The van der Waals surface area contributed by atoms with E-state index in [-0.39, 0.29) is 22.9 Å². The van der Waals surface area contributed by atoms with Crippen molar-refractivity contribution in [3.8, 4) is 0 Å². The number of benzene rings is 1. The summed E-state index contributed by atoms with van der Waals surface area (Å²) in [7, 11) is 0. The molecule has 0 fully saturated rings. The standard InChI is InChI=1S/C17H13BrN2O4/c1-7-14(8(2)21)13(19-15(7)17(23)24)6-11-10-5-9(18)3-4-12(10)20-16(11)22/h3-6,19H,1-2H3,(H,20,22)(H,23,24). The van der Waals surface area contributed by atoms with Crippen LogP contribution < -0.4 is 5.32 Å². The first kappa shape index (κ1) is 16.2. The van der Waals surface area contributed by atoms with Gasteiger partial charge in [-0.3, -0.25) is 9.59 Å². The van der Waals surface area contributed by atoms with E-state index in [9.17, 15) is 19.5 Å². The van der Waals surface area contributed by atoms with Gasteiger partial charge in [0.15, 0.2) is 5.78 Å². The van der Waals surface area contributed by atoms with Crippen molar-refractivity contribution in [2.24, 2.45) is 0 Å². The zero-order chi connectivity index (χ0) is 17.6. The molecule has 1 aliphatic heterocycles. The highest BCUT2D eigenvalue weighted by molar-refractivity contribution is 9.10. The van der Waals surface area contributed by atoms with E-state index in [1.165, 1.54) is 13.0 Å². The number of aromatic amines is 1. The van der Waals surface area contributed by atoms with Crippen molar-refractivity contribution in [3.63, 3.8) is 0 Å². The Kier molecular flexibility index (Phi) is 3.88. The van der Waals surface area contributed by atoms with Crippen LogP contribution in [0.3, 0.4) is 0 Å². The molecule has 0 saturated heterocycles. The van der Waals surface area contributed by atoms with E-state index in [0.717, 1.165) is 4.47 Å². The van der Waals surface area contributed by atoms with Gasteiger partial charge < -0.3 is 15.4 Å². The third kappa shape index (κ3) is 2.56. The van der Waals surface area contributed by atoms with E-state index < -0.39 is 5.97 Å². The number of aromatic nitrogens is 1. The number of aromatic carboxylic acids is 1. The van der Waals surface area contributed by atoms with Gasteiger partial charge in [-0.25, -0.2) is 4.79 Å². The van der Waals surface area contributed by atoms with Gasteiger partial charge in [0.25, 0.3) is 5.91 Å². The van der Waals surface area contributed by atoms with Crippen LogP contribution in [0.5, 0.6) is 0 Å². The molecule has 2 heterocycles. The minimum atomic E-state index is -1.15. The summed E-state index contributed by atoms with van der Waals surface area (Å²) in [5.74, 6) is -1.73. The second-order valence-corrected chi connectivity index (χ2v) is 6.39. The number of rotatable bonds is 3. The summed E-state index contributed by atoms with van der Waals surface area (Å²) in [6.45, 7) is 2.93. The highest BCUT2D eigenvalue weighted by atomic mass is 79.9. The molecule has 0 atom stereocenters. The molecule has 6 nitrogen and oxygen atoms in total. The fourth-order valence-electron chi connectivity index (χ4n) is 2.84. The number of hydrogen-bond acceptors (Lipinski definition) is 3. The molecule has 0 spiro atoms. The van der Waals surface area contributed by atoms with Crippen LogP contribution in [-0.4, -0.2) is 27.8 Å². The number of Topliss-reactive ketones (excluding diaryl/α,β-unsaturated/α-hetero) is 1. The number of ketones is 1. The number of amides is 1. The van der Waals surface area contributed by atoms with Gasteiger partial charge in [0, 0.05) is 21.3 Å². The van der Waals surface area contributed by atoms with E-state index in [4.69, 9.17) is 0 Å². The molecule has 1 amide bonds. The molecule has 1 aromatic heterocycles. The molecular formula is C17H13BrN2O4. The van der Waals surface area contributed by atoms with Crippen molar-refractivity contribution in [1.82, 2.24) is 4.98 Å². The van der Waals surface area contributed by atoms with Crippen LogP contribution in [0.4, 0.5) is 5.69 Å². The summed E-state index contributed by atoms with van der Waals surface area (Å²) in [5.41, 5.74) is 2.61. The molecule has 1 aromatic carbocycles. The Morgan fingerprint density at radius 1 is 1.29 bits per heavy atom. The second-order valence-electron chi connectivity index (χ2n) is 5.48. The molecule has 0 saturated carbocycles. The lowest BCUT2D eigenvalue weighted by atomic mass is 10.0. The first-order valence-electron chi connectivity index (χ1n) is 7.09. The normalized spacial score (nSPS) is 14.6. The molecule has 0 bridgehead atoms. The van der Waals surface area contributed by atoms with Gasteiger partial charge in [-0.15, -0.1) is 0 Å². The summed E-state index contributed by atoms with van der Waals surface area (Å²) >= 11 is 3.36. The number of nitrogens with one attached hydrogen (secondary N) is 2. The summed E-state index contributed by atoms with van der Waals surface area (Å²) in [4.78, 5) is 38.2. The summed E-state index contributed by atoms with van der Waals surface area (Å²) in [6, 6.07) is 5.37. The van der Waals surface area contributed by atoms with Gasteiger partial charge in [-0.1, -0.05) is 15.9 Å². The number of H-pyrrole nitrogens is 1. The monoisotopic (exact) mass is 388 g/mol. The van der Waals surface area contributed by atoms with Crippen LogP contribution in [0.25, 0.3) is 11.6 Å². The minimum Gasteiger partial charge on any atom is -0.477 e. The average Bonchev–Trinajstić information content (AvgIpc) is 2.98. The van der Waals surface area contributed by atoms with Crippen molar-refractivity contribution in [2.45, 2.75) is 13.8 Å². The first-order valence-corrected chi connectivity index (χ1v) is 7.88. The van der Waals surface area contributed by atoms with Crippen LogP contribution in [0.2, 0.25) is 0 Å². The number of anilines is 1. The summed E-state index contributed by atoms with van der Waals surface area (Å²) < 4.78 is 0.810. The maximum atomic E-state index is 12.2. The second kappa shape index (κ2) is 5.76. The van der Waals surface area contributed by atoms with Crippen molar-refractivity contribution < 1.29 is 19.5 Å². The van der Waals surface area contributed by atoms with Crippen molar-refractivity contribution in [2.75, 3.05) is 5.32 Å². The SMILES string of the molecule is CC(=O)c1c(C=C2C(=O)Nc3ccc(Br)cc32)[nH]c(C(=O)O)c1C. The van der Waals surface area contributed by atoms with E-state index in [1.54, 1.807) is 19.1 Å². The molecule has 0 aliphatic carbocycles. The fraction of sp³-hybridized carbons (Fsp3) is 0.118. The topological polar surface area (TPSA) is 99.3 Å². The van der Waals surface area contributed by atoms with Crippen molar-refractivity contribution in [3.05, 3.63) is 50.8 Å². The zero-order valence-corrected chi connectivity index (χ0v) is 14.4. The van der Waals surface area contributed by atoms with Gasteiger partial charge in [-0.2, -0.15) is 0 Å². The van der Waals surface area contributed by atoms with Gasteiger partial charge >= 0.3 is 5.97 Å². The molecule has 2 aromatic rings. The molecule has 7 heteroatoms. The lowest BCUT2D eigenvalue weighted by molar-refractivity contribution is -0.110. The highest BCUT2D eigenvalue weighted by Crippen LogP contribution is 2.35. The number of carbonyl (C=O) groups excluding carboxylic acids is 2. The minimum absolute atomic E-state index is 0.0556. The van der Waals surface area contributed by atoms with Crippen LogP contribution in [0.15, 0.2) is 22.7 Å². The predicted molar refractivity (Wildman–Crippen MR) is 93.1 cm³/mol. The fourth-order valence-corrected chi connectivity index (χ4v) is 3.20. The zero-order valence-electron chi connectivity index (χ0n) is 12.9. The first-order chi connectivity index (χ1) is 11.3. The van der Waals surface area contributed by atoms with Crippen LogP contribution in [0.1, 0.15) is 44.6 Å². The van der Waals surface area contributed by atoms with Crippen LogP contribution in [0, 0.1) is 6.92 Å². The number of hydrogen-bond donors (Lipinski definition) is 3. The summed E-state index contributed by atoms with van der Waals surface area (Å²) in [6.07, 6.45) is 1.52. The Morgan fingerprint density at radius 3 is 2.62 bits per heavy atom. The quantitative estimate of drug-likeness (QED) is 0.553. The van der Waals surface area contributed by atoms with E-state index in [1.807, 2.05) is 6.07 Å². The van der Waals surface area contributed by atoms with Crippen molar-refractivity contribution in [1.29, 1.82) is 0 Å². The molecule has 1 aliphatic rings. The molecular weight excluding hydrogens is 376 g/mol. The van der Waals surface area contributed by atoms with Gasteiger partial charge in [0.2, 0.25) is 0 Å². The number of halogens is 1. The predicted octanol–water partition coefficient (Wildman–Crippen LogP) is 3.48. The Balaban J connectivity index is 2.21.